The second kappa shape index (κ2) is 16.0. The third-order valence-corrected chi connectivity index (χ3v) is 3.53. The molecule has 0 fully saturated rings. The number of unbranched alkanes of at least 4 members (excludes halogenated alkanes) is 13. The Hall–Kier alpha value is -0.0400. The van der Waals surface area contributed by atoms with Gasteiger partial charge in [0.05, 0.1) is 0 Å². The van der Waals surface area contributed by atoms with Crippen LogP contribution in [0.1, 0.15) is 96.8 Å². The van der Waals surface area contributed by atoms with Gasteiger partial charge in [-0.2, -0.15) is 0 Å². The van der Waals surface area contributed by atoms with Crippen molar-refractivity contribution in [3.8, 4) is 0 Å². The Balaban J connectivity index is 2.85. The first kappa shape index (κ1) is 17.0. The highest BCUT2D eigenvalue weighted by Crippen LogP contribution is 2.12. The van der Waals surface area contributed by atoms with E-state index < -0.39 is 0 Å². The van der Waals surface area contributed by atoms with Crippen LogP contribution in [0.4, 0.5) is 0 Å². The zero-order chi connectivity index (χ0) is 12.6. The molecule has 0 spiro atoms. The van der Waals surface area contributed by atoms with Crippen molar-refractivity contribution in [1.29, 1.82) is 0 Å². The summed E-state index contributed by atoms with van der Waals surface area (Å²) in [7, 11) is 0. The molecule has 1 nitrogen and oxygen atoms in total. The minimum absolute atomic E-state index is 0.623. The van der Waals surface area contributed by atoms with E-state index in [1.165, 1.54) is 83.5 Å². The van der Waals surface area contributed by atoms with E-state index in [4.69, 9.17) is 5.73 Å². The average Bonchev–Trinajstić information content (AvgIpc) is 2.35. The molecule has 0 aromatic carbocycles. The summed E-state index contributed by atoms with van der Waals surface area (Å²) in [6.45, 7) is 2.90. The van der Waals surface area contributed by atoms with E-state index in [1.807, 2.05) is 0 Å². The second-order valence-electron chi connectivity index (χ2n) is 5.35. The molecule has 17 heavy (non-hydrogen) atoms. The molecule has 1 heteroatoms. The SMILES string of the molecule is CCCCCCCCCCCCCCCC[NH]. The highest BCUT2D eigenvalue weighted by Gasteiger charge is 1.93. The summed E-state index contributed by atoms with van der Waals surface area (Å²) in [5.41, 5.74) is 7.06. The normalized spacial score (nSPS) is 10.9. The molecule has 0 saturated heterocycles. The van der Waals surface area contributed by atoms with Crippen molar-refractivity contribution in [2.75, 3.05) is 6.54 Å². The van der Waals surface area contributed by atoms with Crippen LogP contribution in [0, 0.1) is 0 Å². The van der Waals surface area contributed by atoms with E-state index in [9.17, 15) is 0 Å². The van der Waals surface area contributed by atoms with Gasteiger partial charge in [0.2, 0.25) is 0 Å². The zero-order valence-corrected chi connectivity index (χ0v) is 12.1. The average molecular weight is 240 g/mol. The molecule has 0 rings (SSSR count). The van der Waals surface area contributed by atoms with Crippen molar-refractivity contribution in [2.24, 2.45) is 0 Å². The lowest BCUT2D eigenvalue weighted by Crippen LogP contribution is -1.86. The molecule has 0 aliphatic carbocycles. The first-order valence-electron chi connectivity index (χ1n) is 8.06. The van der Waals surface area contributed by atoms with Gasteiger partial charge < -0.3 is 0 Å². The molecule has 103 valence electrons. The van der Waals surface area contributed by atoms with Crippen molar-refractivity contribution in [1.82, 2.24) is 5.73 Å². The minimum Gasteiger partial charge on any atom is -0.258 e. The van der Waals surface area contributed by atoms with Gasteiger partial charge in [-0.3, -0.25) is 5.73 Å². The lowest BCUT2D eigenvalue weighted by molar-refractivity contribution is 0.536. The van der Waals surface area contributed by atoms with Crippen molar-refractivity contribution < 1.29 is 0 Å². The number of hydrogen-bond acceptors (Lipinski definition) is 0. The van der Waals surface area contributed by atoms with E-state index >= 15 is 0 Å². The smallest absolute Gasteiger partial charge is 0.00997 e. The van der Waals surface area contributed by atoms with Crippen molar-refractivity contribution in [3.63, 3.8) is 0 Å². The number of nitrogens with one attached hydrogen (secondary N) is 1. The molecular formula is C16H34N. The maximum atomic E-state index is 7.06. The predicted octanol–water partition coefficient (Wildman–Crippen LogP) is 5.75. The maximum absolute atomic E-state index is 7.06. The molecular weight excluding hydrogens is 206 g/mol. The Morgan fingerprint density at radius 3 is 1.06 bits per heavy atom. The number of rotatable bonds is 14. The highest BCUT2D eigenvalue weighted by molar-refractivity contribution is 4.49. The Labute approximate surface area is 110 Å². The molecule has 0 bridgehead atoms. The van der Waals surface area contributed by atoms with Gasteiger partial charge in [0.25, 0.3) is 0 Å². The molecule has 0 saturated carbocycles. The summed E-state index contributed by atoms with van der Waals surface area (Å²) >= 11 is 0. The Morgan fingerprint density at radius 1 is 0.471 bits per heavy atom. The Kier molecular flexibility index (Phi) is 15.9. The van der Waals surface area contributed by atoms with Gasteiger partial charge in [-0.05, 0) is 6.42 Å². The van der Waals surface area contributed by atoms with Crippen LogP contribution in [0.5, 0.6) is 0 Å². The lowest BCUT2D eigenvalue weighted by atomic mass is 10.0. The molecule has 0 aromatic rings. The van der Waals surface area contributed by atoms with Gasteiger partial charge in [0, 0.05) is 6.54 Å². The van der Waals surface area contributed by atoms with Crippen molar-refractivity contribution in [3.05, 3.63) is 0 Å². The molecule has 0 aliphatic rings. The van der Waals surface area contributed by atoms with Crippen LogP contribution in [0.25, 0.3) is 0 Å². The van der Waals surface area contributed by atoms with Gasteiger partial charge in [0.15, 0.2) is 0 Å². The maximum Gasteiger partial charge on any atom is 0.00997 e. The third kappa shape index (κ3) is 16.0. The van der Waals surface area contributed by atoms with E-state index in [2.05, 4.69) is 6.92 Å². The second-order valence-corrected chi connectivity index (χ2v) is 5.35. The van der Waals surface area contributed by atoms with Gasteiger partial charge in [0.1, 0.15) is 0 Å². The van der Waals surface area contributed by atoms with Crippen LogP contribution < -0.4 is 5.73 Å². The molecule has 1 radical (unpaired) electrons. The van der Waals surface area contributed by atoms with Crippen LogP contribution in [0.15, 0.2) is 0 Å². The predicted molar refractivity (Wildman–Crippen MR) is 78.3 cm³/mol. The standard InChI is InChI=1S/C16H34N/c1-2-3-4-5-6-7-8-9-10-11-12-13-14-15-16-17/h17H,2-16H2,1H3. The van der Waals surface area contributed by atoms with Crippen LogP contribution in [-0.2, 0) is 0 Å². The molecule has 0 heterocycles. The fourth-order valence-electron chi connectivity index (χ4n) is 2.32. The van der Waals surface area contributed by atoms with Crippen LogP contribution >= 0.6 is 0 Å². The first-order chi connectivity index (χ1) is 8.41. The Morgan fingerprint density at radius 2 is 0.765 bits per heavy atom. The largest absolute Gasteiger partial charge is 0.258 e. The molecule has 1 N–H and O–H groups in total. The fraction of sp³-hybridized carbons (Fsp3) is 1.00. The van der Waals surface area contributed by atoms with Crippen LogP contribution in [0.2, 0.25) is 0 Å². The molecule has 0 amide bonds. The molecule has 0 aliphatic heterocycles. The zero-order valence-electron chi connectivity index (χ0n) is 12.1. The van der Waals surface area contributed by atoms with Crippen molar-refractivity contribution >= 4 is 0 Å². The van der Waals surface area contributed by atoms with E-state index in [1.54, 1.807) is 0 Å². The van der Waals surface area contributed by atoms with Gasteiger partial charge >= 0.3 is 0 Å². The summed E-state index contributed by atoms with van der Waals surface area (Å²) < 4.78 is 0. The van der Waals surface area contributed by atoms with Gasteiger partial charge in [-0.25, -0.2) is 0 Å². The monoisotopic (exact) mass is 240 g/mol. The summed E-state index contributed by atoms with van der Waals surface area (Å²) in [5, 5.41) is 0. The molecule has 0 unspecified atom stereocenters. The van der Waals surface area contributed by atoms with Crippen LogP contribution in [-0.4, -0.2) is 6.54 Å². The fourth-order valence-corrected chi connectivity index (χ4v) is 2.32. The van der Waals surface area contributed by atoms with Crippen molar-refractivity contribution in [2.45, 2.75) is 96.8 Å². The summed E-state index contributed by atoms with van der Waals surface area (Å²) in [5.74, 6) is 0. The Bertz CT molecular complexity index is 109. The lowest BCUT2D eigenvalue weighted by Gasteiger charge is -2.02. The third-order valence-electron chi connectivity index (χ3n) is 3.53. The van der Waals surface area contributed by atoms with Crippen LogP contribution in [0.3, 0.4) is 0 Å². The molecule has 0 atom stereocenters. The minimum atomic E-state index is 0.623. The number of hydrogen-bond donors (Lipinski definition) is 0. The summed E-state index contributed by atoms with van der Waals surface area (Å²) in [6, 6.07) is 0. The molecule has 0 aromatic heterocycles. The topological polar surface area (TPSA) is 23.8 Å². The highest BCUT2D eigenvalue weighted by atomic mass is 14.5. The van der Waals surface area contributed by atoms with E-state index in [0.29, 0.717) is 6.54 Å². The van der Waals surface area contributed by atoms with Gasteiger partial charge in [-0.1, -0.05) is 90.4 Å². The first-order valence-corrected chi connectivity index (χ1v) is 8.06. The van der Waals surface area contributed by atoms with Gasteiger partial charge in [-0.15, -0.1) is 0 Å². The summed E-state index contributed by atoms with van der Waals surface area (Å²) in [6.07, 6.45) is 19.5. The summed E-state index contributed by atoms with van der Waals surface area (Å²) in [4.78, 5) is 0. The van der Waals surface area contributed by atoms with E-state index in [0.717, 1.165) is 6.42 Å². The quantitative estimate of drug-likeness (QED) is 0.345. The van der Waals surface area contributed by atoms with E-state index in [-0.39, 0.29) is 0 Å².